The Morgan fingerprint density at radius 3 is 2.14 bits per heavy atom. The third kappa shape index (κ3) is 3.61. The Bertz CT molecular complexity index is 604. The number of hydrogen-bond donors (Lipinski definition) is 2. The van der Waals surface area contributed by atoms with Gasteiger partial charge < -0.3 is 10.4 Å². The van der Waals surface area contributed by atoms with Crippen LogP contribution in [0.2, 0.25) is 0 Å². The van der Waals surface area contributed by atoms with Crippen LogP contribution in [0, 0.1) is 32.0 Å². The Hall–Kier alpha value is -2.78. The van der Waals surface area contributed by atoms with Crippen LogP contribution >= 0.6 is 0 Å². The lowest BCUT2D eigenvalue weighted by molar-refractivity contribution is -0.395. The Morgan fingerprint density at radius 1 is 1.24 bits per heavy atom. The molecule has 0 saturated heterocycles. The topological polar surface area (TPSA) is 136 Å². The molecule has 0 spiro atoms. The SMILES string of the molecule is CC(C)C(Nc1cc(F)c([N+](=O)[O-])cc1[N+](=O)[O-])C(=O)O. The number of aliphatic carboxylic acids is 1. The van der Waals surface area contributed by atoms with Crippen molar-refractivity contribution in [2.45, 2.75) is 19.9 Å². The fraction of sp³-hybridized carbons (Fsp3) is 0.364. The van der Waals surface area contributed by atoms with Crippen molar-refractivity contribution >= 4 is 23.0 Å². The molecule has 0 aromatic heterocycles. The van der Waals surface area contributed by atoms with Crippen LogP contribution in [0.15, 0.2) is 12.1 Å². The van der Waals surface area contributed by atoms with E-state index in [2.05, 4.69) is 5.32 Å². The first-order chi connectivity index (χ1) is 9.65. The second-order valence-corrected chi connectivity index (χ2v) is 4.54. The van der Waals surface area contributed by atoms with E-state index in [0.29, 0.717) is 12.1 Å². The van der Waals surface area contributed by atoms with E-state index in [4.69, 9.17) is 5.11 Å². The minimum atomic E-state index is -1.29. The Morgan fingerprint density at radius 2 is 1.76 bits per heavy atom. The molecule has 0 aliphatic carbocycles. The molecule has 0 aliphatic rings. The van der Waals surface area contributed by atoms with Gasteiger partial charge >= 0.3 is 11.7 Å². The molecule has 1 unspecified atom stereocenters. The van der Waals surface area contributed by atoms with Crippen molar-refractivity contribution in [2.24, 2.45) is 5.92 Å². The molecule has 1 rings (SSSR count). The molecule has 1 aromatic rings. The zero-order chi connectivity index (χ0) is 16.3. The first-order valence-electron chi connectivity index (χ1n) is 5.76. The standard InChI is InChI=1S/C11H12FN3O6/c1-5(2)10(11(16)17)13-7-3-6(12)8(14(18)19)4-9(7)15(20)21/h3-5,10,13H,1-2H3,(H,16,17). The molecule has 2 N–H and O–H groups in total. The van der Waals surface area contributed by atoms with E-state index in [1.807, 2.05) is 0 Å². The van der Waals surface area contributed by atoms with Gasteiger partial charge in [0.05, 0.1) is 15.9 Å². The molecule has 10 heteroatoms. The number of halogens is 1. The Balaban J connectivity index is 3.35. The van der Waals surface area contributed by atoms with Gasteiger partial charge in [-0.25, -0.2) is 4.79 Å². The number of anilines is 1. The van der Waals surface area contributed by atoms with Gasteiger partial charge in [-0.05, 0) is 5.92 Å². The molecular weight excluding hydrogens is 289 g/mol. The number of hydrogen-bond acceptors (Lipinski definition) is 6. The van der Waals surface area contributed by atoms with Crippen molar-refractivity contribution in [1.29, 1.82) is 0 Å². The highest BCUT2D eigenvalue weighted by atomic mass is 19.1. The molecule has 9 nitrogen and oxygen atoms in total. The summed E-state index contributed by atoms with van der Waals surface area (Å²) in [5.41, 5.74) is -2.25. The summed E-state index contributed by atoms with van der Waals surface area (Å²) in [5, 5.41) is 32.8. The molecule has 21 heavy (non-hydrogen) atoms. The number of benzene rings is 1. The number of rotatable bonds is 6. The first-order valence-corrected chi connectivity index (χ1v) is 5.76. The van der Waals surface area contributed by atoms with Gasteiger partial charge in [-0.15, -0.1) is 0 Å². The van der Waals surface area contributed by atoms with Crippen molar-refractivity contribution in [1.82, 2.24) is 0 Å². The number of carboxylic acid groups (broad SMARTS) is 1. The van der Waals surface area contributed by atoms with E-state index in [9.17, 15) is 29.4 Å². The third-order valence-corrected chi connectivity index (χ3v) is 2.70. The summed E-state index contributed by atoms with van der Waals surface area (Å²) < 4.78 is 13.5. The van der Waals surface area contributed by atoms with Gasteiger partial charge in [0.2, 0.25) is 5.82 Å². The highest BCUT2D eigenvalue weighted by molar-refractivity contribution is 5.79. The van der Waals surface area contributed by atoms with Gasteiger partial charge in [0.1, 0.15) is 11.7 Å². The van der Waals surface area contributed by atoms with Crippen LogP contribution in [0.3, 0.4) is 0 Å². The van der Waals surface area contributed by atoms with E-state index in [1.54, 1.807) is 13.8 Å². The smallest absolute Gasteiger partial charge is 0.326 e. The fourth-order valence-electron chi connectivity index (χ4n) is 1.64. The van der Waals surface area contributed by atoms with E-state index in [0.717, 1.165) is 0 Å². The summed E-state index contributed by atoms with van der Waals surface area (Å²) in [5.74, 6) is -3.01. The Labute approximate surface area is 117 Å². The number of nitro benzene ring substituents is 2. The molecular formula is C11H12FN3O6. The lowest BCUT2D eigenvalue weighted by Gasteiger charge is -2.19. The average molecular weight is 301 g/mol. The number of carboxylic acids is 1. The van der Waals surface area contributed by atoms with Crippen LogP contribution < -0.4 is 5.32 Å². The van der Waals surface area contributed by atoms with E-state index in [1.165, 1.54) is 0 Å². The summed E-state index contributed by atoms with van der Waals surface area (Å²) in [6.07, 6.45) is 0. The van der Waals surface area contributed by atoms with Crippen LogP contribution in [0.4, 0.5) is 21.5 Å². The minimum Gasteiger partial charge on any atom is -0.480 e. The normalized spacial score (nSPS) is 12.0. The number of nitro groups is 2. The van der Waals surface area contributed by atoms with Gasteiger partial charge in [0.15, 0.2) is 0 Å². The predicted molar refractivity (Wildman–Crippen MR) is 69.6 cm³/mol. The quantitative estimate of drug-likeness (QED) is 0.606. The van der Waals surface area contributed by atoms with E-state index in [-0.39, 0.29) is 0 Å². The number of carbonyl (C=O) groups is 1. The molecule has 1 aromatic carbocycles. The van der Waals surface area contributed by atoms with Gasteiger partial charge in [0.25, 0.3) is 5.69 Å². The number of nitrogens with zero attached hydrogens (tertiary/aromatic N) is 2. The van der Waals surface area contributed by atoms with Crippen LogP contribution in [0.5, 0.6) is 0 Å². The summed E-state index contributed by atoms with van der Waals surface area (Å²) in [7, 11) is 0. The largest absolute Gasteiger partial charge is 0.480 e. The van der Waals surface area contributed by atoms with Crippen molar-refractivity contribution in [3.05, 3.63) is 38.2 Å². The van der Waals surface area contributed by atoms with Gasteiger partial charge in [-0.1, -0.05) is 13.8 Å². The molecule has 0 heterocycles. The zero-order valence-corrected chi connectivity index (χ0v) is 11.1. The summed E-state index contributed by atoms with van der Waals surface area (Å²) in [6.45, 7) is 3.11. The molecule has 0 aliphatic heterocycles. The van der Waals surface area contributed by atoms with Crippen LogP contribution in [-0.4, -0.2) is 27.0 Å². The van der Waals surface area contributed by atoms with Crippen molar-refractivity contribution < 1.29 is 24.1 Å². The second kappa shape index (κ2) is 6.11. The molecule has 0 saturated carbocycles. The molecule has 0 fully saturated rings. The summed E-state index contributed by atoms with van der Waals surface area (Å²) in [4.78, 5) is 30.5. The molecule has 1 atom stereocenters. The minimum absolute atomic E-state index is 0.427. The molecule has 0 amide bonds. The maximum Gasteiger partial charge on any atom is 0.326 e. The van der Waals surface area contributed by atoms with Gasteiger partial charge in [-0.2, -0.15) is 4.39 Å². The van der Waals surface area contributed by atoms with Crippen LogP contribution in [0.25, 0.3) is 0 Å². The maximum absolute atomic E-state index is 13.5. The lowest BCUT2D eigenvalue weighted by atomic mass is 10.0. The molecule has 0 radical (unpaired) electrons. The molecule has 0 bridgehead atoms. The average Bonchev–Trinajstić information content (AvgIpc) is 2.34. The van der Waals surface area contributed by atoms with Gasteiger partial charge in [-0.3, -0.25) is 20.2 Å². The van der Waals surface area contributed by atoms with Crippen LogP contribution in [-0.2, 0) is 4.79 Å². The second-order valence-electron chi connectivity index (χ2n) is 4.54. The van der Waals surface area contributed by atoms with Gasteiger partial charge in [0, 0.05) is 6.07 Å². The van der Waals surface area contributed by atoms with E-state index < -0.39 is 50.7 Å². The Kier molecular flexibility index (Phi) is 4.74. The number of nitrogens with one attached hydrogen (secondary N) is 1. The monoisotopic (exact) mass is 301 g/mol. The van der Waals surface area contributed by atoms with Crippen LogP contribution in [0.1, 0.15) is 13.8 Å². The first kappa shape index (κ1) is 16.3. The summed E-state index contributed by atoms with van der Waals surface area (Å²) in [6, 6.07) is -0.199. The lowest BCUT2D eigenvalue weighted by Crippen LogP contribution is -2.34. The highest BCUT2D eigenvalue weighted by Crippen LogP contribution is 2.32. The van der Waals surface area contributed by atoms with Crippen molar-refractivity contribution in [2.75, 3.05) is 5.32 Å². The maximum atomic E-state index is 13.5. The highest BCUT2D eigenvalue weighted by Gasteiger charge is 2.29. The summed E-state index contributed by atoms with van der Waals surface area (Å²) >= 11 is 0. The fourth-order valence-corrected chi connectivity index (χ4v) is 1.64. The van der Waals surface area contributed by atoms with Crippen molar-refractivity contribution in [3.63, 3.8) is 0 Å². The predicted octanol–water partition coefficient (Wildman–Crippen LogP) is 2.16. The van der Waals surface area contributed by atoms with Crippen molar-refractivity contribution in [3.8, 4) is 0 Å². The zero-order valence-electron chi connectivity index (χ0n) is 11.1. The van der Waals surface area contributed by atoms with E-state index >= 15 is 0 Å². The third-order valence-electron chi connectivity index (χ3n) is 2.70. The molecule has 114 valence electrons.